The number of rotatable bonds is 8. The van der Waals surface area contributed by atoms with Gasteiger partial charge in [0.1, 0.15) is 0 Å². The molecule has 1 rings (SSSR count). The Morgan fingerprint density at radius 3 is 2.52 bits per heavy atom. The van der Waals surface area contributed by atoms with Crippen molar-refractivity contribution in [2.24, 2.45) is 0 Å². The van der Waals surface area contributed by atoms with Crippen molar-refractivity contribution in [2.75, 3.05) is 20.1 Å². The molecule has 1 aromatic rings. The molecule has 120 valence electrons. The summed E-state index contributed by atoms with van der Waals surface area (Å²) >= 11 is 11.7. The van der Waals surface area contributed by atoms with Gasteiger partial charge in [-0.3, -0.25) is 0 Å². The van der Waals surface area contributed by atoms with Crippen LogP contribution >= 0.6 is 23.2 Å². The Balaban J connectivity index is 2.52. The van der Waals surface area contributed by atoms with Gasteiger partial charge in [0.25, 0.3) is 0 Å². The summed E-state index contributed by atoms with van der Waals surface area (Å²) in [5.74, 6) is -0.100. The summed E-state index contributed by atoms with van der Waals surface area (Å²) in [6.07, 6.45) is 1.03. The first-order valence-electron chi connectivity index (χ1n) is 6.86. The quantitative estimate of drug-likeness (QED) is 0.781. The summed E-state index contributed by atoms with van der Waals surface area (Å²) in [7, 11) is -1.38. The van der Waals surface area contributed by atoms with E-state index in [0.29, 0.717) is 34.7 Å². The molecular formula is C14H22Cl2N2O2S. The predicted molar refractivity (Wildman–Crippen MR) is 89.5 cm³/mol. The van der Waals surface area contributed by atoms with Crippen molar-refractivity contribution in [3.05, 3.63) is 33.8 Å². The Bertz CT molecular complexity index is 564. The van der Waals surface area contributed by atoms with Crippen molar-refractivity contribution in [1.29, 1.82) is 0 Å². The van der Waals surface area contributed by atoms with Crippen LogP contribution in [0, 0.1) is 0 Å². The third-order valence-electron chi connectivity index (χ3n) is 3.47. The van der Waals surface area contributed by atoms with Crippen LogP contribution in [0.25, 0.3) is 0 Å². The van der Waals surface area contributed by atoms with Crippen LogP contribution in [0.4, 0.5) is 0 Å². The number of benzene rings is 1. The molecule has 0 fully saturated rings. The van der Waals surface area contributed by atoms with Crippen LogP contribution in [-0.2, 0) is 15.8 Å². The summed E-state index contributed by atoms with van der Waals surface area (Å²) in [5, 5.41) is 0.779. The lowest BCUT2D eigenvalue weighted by molar-refractivity contribution is 0.256. The normalized spacial score (nSPS) is 13.6. The number of hydrogen-bond acceptors (Lipinski definition) is 3. The standard InChI is InChI=1S/C14H22Cl2N2O2S/c1-4-11(2)18(3)8-7-17-21(19,20)10-12-5-6-13(15)14(16)9-12/h5-6,9,11,17H,4,7-8,10H2,1-3H3. The van der Waals surface area contributed by atoms with Gasteiger partial charge in [0, 0.05) is 19.1 Å². The number of nitrogens with one attached hydrogen (secondary N) is 1. The van der Waals surface area contributed by atoms with Crippen LogP contribution in [0.1, 0.15) is 25.8 Å². The van der Waals surface area contributed by atoms with Crippen molar-refractivity contribution < 1.29 is 8.42 Å². The number of sulfonamides is 1. The van der Waals surface area contributed by atoms with Gasteiger partial charge in [-0.2, -0.15) is 0 Å². The molecule has 0 radical (unpaired) electrons. The van der Waals surface area contributed by atoms with Crippen molar-refractivity contribution in [3.8, 4) is 0 Å². The van der Waals surface area contributed by atoms with Crippen molar-refractivity contribution in [1.82, 2.24) is 9.62 Å². The Labute approximate surface area is 137 Å². The summed E-state index contributed by atoms with van der Waals surface area (Å²) in [5.41, 5.74) is 0.618. The molecule has 0 aliphatic heterocycles. The molecule has 7 heteroatoms. The molecule has 1 aromatic carbocycles. The molecule has 0 saturated heterocycles. The van der Waals surface area contributed by atoms with Crippen LogP contribution < -0.4 is 4.72 Å². The molecule has 1 unspecified atom stereocenters. The fraction of sp³-hybridized carbons (Fsp3) is 0.571. The molecule has 0 heterocycles. The molecule has 0 amide bonds. The van der Waals surface area contributed by atoms with E-state index in [0.717, 1.165) is 6.42 Å². The zero-order chi connectivity index (χ0) is 16.0. The highest BCUT2D eigenvalue weighted by Crippen LogP contribution is 2.23. The zero-order valence-electron chi connectivity index (χ0n) is 12.6. The van der Waals surface area contributed by atoms with Gasteiger partial charge in [-0.15, -0.1) is 0 Å². The summed E-state index contributed by atoms with van der Waals surface area (Å²) < 4.78 is 26.6. The third-order valence-corrected chi connectivity index (χ3v) is 5.57. The van der Waals surface area contributed by atoms with Gasteiger partial charge in [-0.05, 0) is 38.1 Å². The van der Waals surface area contributed by atoms with Gasteiger partial charge < -0.3 is 4.90 Å². The van der Waals surface area contributed by atoms with Gasteiger partial charge in [-0.1, -0.05) is 36.2 Å². The highest BCUT2D eigenvalue weighted by Gasteiger charge is 2.13. The highest BCUT2D eigenvalue weighted by atomic mass is 35.5. The molecule has 0 aliphatic rings. The molecule has 21 heavy (non-hydrogen) atoms. The molecule has 4 nitrogen and oxygen atoms in total. The molecule has 0 aliphatic carbocycles. The average Bonchev–Trinajstić information content (AvgIpc) is 2.41. The van der Waals surface area contributed by atoms with Gasteiger partial charge in [0.15, 0.2) is 0 Å². The molecule has 1 N–H and O–H groups in total. The van der Waals surface area contributed by atoms with Crippen LogP contribution in [0.3, 0.4) is 0 Å². The van der Waals surface area contributed by atoms with Crippen LogP contribution in [0.5, 0.6) is 0 Å². The minimum absolute atomic E-state index is 0.100. The Morgan fingerprint density at radius 1 is 1.29 bits per heavy atom. The second-order valence-corrected chi connectivity index (χ2v) is 7.76. The first-order chi connectivity index (χ1) is 9.75. The van der Waals surface area contributed by atoms with E-state index >= 15 is 0 Å². The molecule has 1 atom stereocenters. The minimum atomic E-state index is -3.37. The molecular weight excluding hydrogens is 331 g/mol. The first kappa shape index (κ1) is 18.7. The maximum absolute atomic E-state index is 12.0. The maximum atomic E-state index is 12.0. The second-order valence-electron chi connectivity index (χ2n) is 5.14. The summed E-state index contributed by atoms with van der Waals surface area (Å²) in [6.45, 7) is 5.29. The number of hydrogen-bond donors (Lipinski definition) is 1. The van der Waals surface area contributed by atoms with E-state index in [-0.39, 0.29) is 5.75 Å². The SMILES string of the molecule is CCC(C)N(C)CCNS(=O)(=O)Cc1ccc(Cl)c(Cl)c1. The lowest BCUT2D eigenvalue weighted by Crippen LogP contribution is -2.37. The van der Waals surface area contributed by atoms with E-state index in [9.17, 15) is 8.42 Å². The Morgan fingerprint density at radius 2 is 1.95 bits per heavy atom. The third kappa shape index (κ3) is 6.53. The molecule has 0 spiro atoms. The smallest absolute Gasteiger partial charge is 0.215 e. The summed E-state index contributed by atoms with van der Waals surface area (Å²) in [4.78, 5) is 2.13. The number of nitrogens with zero attached hydrogens (tertiary/aromatic N) is 1. The lowest BCUT2D eigenvalue weighted by atomic mass is 10.2. The molecule has 0 aromatic heterocycles. The van der Waals surface area contributed by atoms with E-state index < -0.39 is 10.0 Å². The topological polar surface area (TPSA) is 49.4 Å². The van der Waals surface area contributed by atoms with E-state index in [1.165, 1.54) is 0 Å². The monoisotopic (exact) mass is 352 g/mol. The fourth-order valence-electron chi connectivity index (χ4n) is 1.81. The van der Waals surface area contributed by atoms with Crippen LogP contribution in [-0.4, -0.2) is 39.5 Å². The van der Waals surface area contributed by atoms with Gasteiger partial charge >= 0.3 is 0 Å². The Kier molecular flexibility index (Phi) is 7.44. The fourth-order valence-corrected chi connectivity index (χ4v) is 3.25. The van der Waals surface area contributed by atoms with Crippen LogP contribution in [0.2, 0.25) is 10.0 Å². The van der Waals surface area contributed by atoms with Crippen molar-refractivity contribution in [3.63, 3.8) is 0 Å². The number of likely N-dealkylation sites (N-methyl/N-ethyl adjacent to an activating group) is 1. The zero-order valence-corrected chi connectivity index (χ0v) is 14.9. The van der Waals surface area contributed by atoms with E-state index in [4.69, 9.17) is 23.2 Å². The van der Waals surface area contributed by atoms with Crippen LogP contribution in [0.15, 0.2) is 18.2 Å². The van der Waals surface area contributed by atoms with Gasteiger partial charge in [0.05, 0.1) is 15.8 Å². The maximum Gasteiger partial charge on any atom is 0.215 e. The van der Waals surface area contributed by atoms with Gasteiger partial charge in [-0.25, -0.2) is 13.1 Å². The molecule has 0 saturated carbocycles. The average molecular weight is 353 g/mol. The van der Waals surface area contributed by atoms with Gasteiger partial charge in [0.2, 0.25) is 10.0 Å². The highest BCUT2D eigenvalue weighted by molar-refractivity contribution is 7.88. The van der Waals surface area contributed by atoms with E-state index in [1.54, 1.807) is 18.2 Å². The number of halogens is 2. The van der Waals surface area contributed by atoms with E-state index in [1.807, 2.05) is 7.05 Å². The first-order valence-corrected chi connectivity index (χ1v) is 9.27. The second kappa shape index (κ2) is 8.34. The largest absolute Gasteiger partial charge is 0.302 e. The van der Waals surface area contributed by atoms with Crippen molar-refractivity contribution in [2.45, 2.75) is 32.1 Å². The minimum Gasteiger partial charge on any atom is -0.302 e. The lowest BCUT2D eigenvalue weighted by Gasteiger charge is -2.23. The Hall–Kier alpha value is -0.330. The predicted octanol–water partition coefficient (Wildman–Crippen LogP) is 3.14. The van der Waals surface area contributed by atoms with E-state index in [2.05, 4.69) is 23.5 Å². The molecule has 0 bridgehead atoms. The summed E-state index contributed by atoms with van der Waals surface area (Å²) in [6, 6.07) is 5.28. The van der Waals surface area contributed by atoms with Crippen molar-refractivity contribution >= 4 is 33.2 Å².